The summed E-state index contributed by atoms with van der Waals surface area (Å²) in [4.78, 5) is 35.6. The maximum atomic E-state index is 12.4. The van der Waals surface area contributed by atoms with Gasteiger partial charge in [0.1, 0.15) is 31.0 Å². The molecule has 0 radical (unpaired) electrons. The molecule has 0 atom stereocenters. The van der Waals surface area contributed by atoms with Crippen molar-refractivity contribution in [3.8, 4) is 0 Å². The summed E-state index contributed by atoms with van der Waals surface area (Å²) in [5.41, 5.74) is -1.34. The lowest BCUT2D eigenvalue weighted by Gasteiger charge is -2.29. The minimum absolute atomic E-state index is 0. The van der Waals surface area contributed by atoms with Gasteiger partial charge in [0.05, 0.1) is 0 Å². The van der Waals surface area contributed by atoms with Crippen LogP contribution in [0.15, 0.2) is 24.3 Å². The largest absolute Gasteiger partial charge is 0.464 e. The van der Waals surface area contributed by atoms with E-state index in [9.17, 15) is 22.8 Å². The first-order chi connectivity index (χ1) is 11.8. The molecular formula is C16H26MgO9S. The Hall–Kier alpha value is -1.43. The molecule has 0 saturated carbocycles. The predicted molar refractivity (Wildman–Crippen MR) is 100 cm³/mol. The van der Waals surface area contributed by atoms with Crippen LogP contribution in [0.4, 0.5) is 0 Å². The van der Waals surface area contributed by atoms with Crippen molar-refractivity contribution >= 4 is 51.1 Å². The number of esters is 3. The van der Waals surface area contributed by atoms with E-state index in [1.54, 1.807) is 6.92 Å². The summed E-state index contributed by atoms with van der Waals surface area (Å²) < 4.78 is 45.0. The first kappa shape index (κ1) is 27.8. The topological polar surface area (TPSA) is 133 Å². The van der Waals surface area contributed by atoms with E-state index in [-0.39, 0.29) is 40.6 Å². The molecule has 0 unspecified atom stereocenters. The zero-order chi connectivity index (χ0) is 20.5. The van der Waals surface area contributed by atoms with E-state index < -0.39 is 59.0 Å². The molecule has 0 heterocycles. The molecule has 0 fully saturated rings. The summed E-state index contributed by atoms with van der Waals surface area (Å²) in [5.74, 6) is -3.23. The number of hydrogen-bond acceptors (Lipinski definition) is 8. The molecular weight excluding hydrogens is 393 g/mol. The van der Waals surface area contributed by atoms with Gasteiger partial charge in [-0.25, -0.2) is 9.59 Å². The first-order valence-electron chi connectivity index (χ1n) is 7.62. The molecule has 0 aromatic heterocycles. The summed E-state index contributed by atoms with van der Waals surface area (Å²) in [5, 5.41) is 0. The maximum absolute atomic E-state index is 12.4. The lowest BCUT2D eigenvalue weighted by atomic mass is 9.87. The zero-order valence-electron chi connectivity index (χ0n) is 15.1. The molecule has 0 spiro atoms. The third kappa shape index (κ3) is 10.5. The van der Waals surface area contributed by atoms with Crippen LogP contribution < -0.4 is 0 Å². The predicted octanol–water partition coefficient (Wildman–Crippen LogP) is 0.136. The Morgan fingerprint density at radius 2 is 1.37 bits per heavy atom. The zero-order valence-corrected chi connectivity index (χ0v) is 15.9. The quantitative estimate of drug-likeness (QED) is 0.163. The fraction of sp³-hybridized carbons (Fsp3) is 0.562. The van der Waals surface area contributed by atoms with E-state index in [1.807, 2.05) is 0 Å². The molecule has 0 aliphatic rings. The van der Waals surface area contributed by atoms with E-state index in [2.05, 4.69) is 13.2 Å². The summed E-state index contributed by atoms with van der Waals surface area (Å²) in [7, 11) is -4.32. The fourth-order valence-corrected chi connectivity index (χ4v) is 1.85. The molecule has 0 aromatic rings. The Morgan fingerprint density at radius 3 is 1.67 bits per heavy atom. The molecule has 1 N–H and O–H groups in total. The van der Waals surface area contributed by atoms with Gasteiger partial charge in [0, 0.05) is 11.1 Å². The molecule has 0 aromatic carbocycles. The number of ether oxygens (including phenoxy) is 3. The Labute approximate surface area is 175 Å². The number of carbonyl (C=O) groups is 3. The smallest absolute Gasteiger partial charge is 0.333 e. The van der Waals surface area contributed by atoms with Gasteiger partial charge in [-0.1, -0.05) is 20.1 Å². The second-order valence-electron chi connectivity index (χ2n) is 5.77. The number of hydrogen-bond donors (Lipinski definition) is 1. The van der Waals surface area contributed by atoms with Crippen molar-refractivity contribution in [2.24, 2.45) is 5.41 Å². The highest BCUT2D eigenvalue weighted by molar-refractivity contribution is 7.85. The van der Waals surface area contributed by atoms with Crippen molar-refractivity contribution in [1.82, 2.24) is 0 Å². The standard InChI is InChI=1S/C16H24O9S.Mg.2H/c1-6-16(9-24-13(17)11(2)3,10-25-14(18)12(4)5)15(19)23-7-8-26(20,21)22;;;/h2,4,6-10H2,1,3,5H3,(H,20,21,22);;;. The minimum atomic E-state index is -4.32. The van der Waals surface area contributed by atoms with Crippen molar-refractivity contribution < 1.29 is 41.6 Å². The van der Waals surface area contributed by atoms with Gasteiger partial charge in [0.25, 0.3) is 10.1 Å². The Balaban J connectivity index is 0. The third-order valence-electron chi connectivity index (χ3n) is 3.34. The molecule has 9 nitrogen and oxygen atoms in total. The van der Waals surface area contributed by atoms with E-state index in [1.165, 1.54) is 13.8 Å². The molecule has 0 rings (SSSR count). The van der Waals surface area contributed by atoms with Gasteiger partial charge >= 0.3 is 41.0 Å². The lowest BCUT2D eigenvalue weighted by Crippen LogP contribution is -2.43. The van der Waals surface area contributed by atoms with Crippen LogP contribution >= 0.6 is 0 Å². The van der Waals surface area contributed by atoms with E-state index in [4.69, 9.17) is 18.8 Å². The SMILES string of the molecule is C=C(C)C(=O)OCC(CC)(COC(=O)C(=C)C)C(=O)OCCS(=O)(=O)O.[MgH2]. The summed E-state index contributed by atoms with van der Waals surface area (Å²) in [6.45, 7) is 9.70. The fourth-order valence-electron chi connectivity index (χ4n) is 1.55. The molecule has 0 aliphatic heterocycles. The van der Waals surface area contributed by atoms with Gasteiger partial charge in [0.2, 0.25) is 0 Å². The summed E-state index contributed by atoms with van der Waals surface area (Å²) >= 11 is 0. The van der Waals surface area contributed by atoms with Crippen molar-refractivity contribution in [3.63, 3.8) is 0 Å². The summed E-state index contributed by atoms with van der Waals surface area (Å²) in [6, 6.07) is 0. The highest BCUT2D eigenvalue weighted by Crippen LogP contribution is 2.26. The van der Waals surface area contributed by atoms with Crippen LogP contribution in [0.3, 0.4) is 0 Å². The first-order valence-corrected chi connectivity index (χ1v) is 9.23. The molecule has 11 heteroatoms. The average molecular weight is 419 g/mol. The van der Waals surface area contributed by atoms with Crippen molar-refractivity contribution in [2.45, 2.75) is 27.2 Å². The van der Waals surface area contributed by atoms with Crippen LogP contribution in [-0.4, -0.2) is 79.5 Å². The monoisotopic (exact) mass is 418 g/mol. The molecule has 27 heavy (non-hydrogen) atoms. The molecule has 0 saturated heterocycles. The van der Waals surface area contributed by atoms with Crippen molar-refractivity contribution in [2.75, 3.05) is 25.6 Å². The second kappa shape index (κ2) is 12.1. The molecule has 0 amide bonds. The molecule has 0 bridgehead atoms. The van der Waals surface area contributed by atoms with Gasteiger partial charge in [0.15, 0.2) is 0 Å². The van der Waals surface area contributed by atoms with Crippen LogP contribution in [0, 0.1) is 5.41 Å². The Kier molecular flexibility index (Phi) is 12.5. The average Bonchev–Trinajstić information content (AvgIpc) is 2.53. The van der Waals surface area contributed by atoms with E-state index >= 15 is 0 Å². The van der Waals surface area contributed by atoms with Crippen LogP contribution in [-0.2, 0) is 38.7 Å². The lowest BCUT2D eigenvalue weighted by molar-refractivity contribution is -0.169. The second-order valence-corrected chi connectivity index (χ2v) is 7.34. The highest BCUT2D eigenvalue weighted by Gasteiger charge is 2.42. The number of rotatable bonds is 11. The highest BCUT2D eigenvalue weighted by atomic mass is 32.2. The van der Waals surface area contributed by atoms with Crippen LogP contribution in [0.1, 0.15) is 27.2 Å². The van der Waals surface area contributed by atoms with Gasteiger partial charge in [-0.2, -0.15) is 8.42 Å². The number of carbonyl (C=O) groups excluding carboxylic acids is 3. The van der Waals surface area contributed by atoms with Crippen LogP contribution in [0.25, 0.3) is 0 Å². The molecule has 0 aliphatic carbocycles. The van der Waals surface area contributed by atoms with Crippen molar-refractivity contribution in [3.05, 3.63) is 24.3 Å². The van der Waals surface area contributed by atoms with Gasteiger partial charge in [-0.15, -0.1) is 0 Å². The van der Waals surface area contributed by atoms with Gasteiger partial charge < -0.3 is 14.2 Å². The van der Waals surface area contributed by atoms with Crippen LogP contribution in [0.5, 0.6) is 0 Å². The Bertz CT molecular complexity index is 652. The van der Waals surface area contributed by atoms with Crippen molar-refractivity contribution in [1.29, 1.82) is 0 Å². The maximum Gasteiger partial charge on any atom is 0.333 e. The Morgan fingerprint density at radius 1 is 0.963 bits per heavy atom. The van der Waals surface area contributed by atoms with Crippen LogP contribution in [0.2, 0.25) is 0 Å². The van der Waals surface area contributed by atoms with E-state index in [0.29, 0.717) is 0 Å². The van der Waals surface area contributed by atoms with Gasteiger partial charge in [-0.05, 0) is 20.3 Å². The summed E-state index contributed by atoms with van der Waals surface area (Å²) in [6.07, 6.45) is 0.0602. The third-order valence-corrected chi connectivity index (χ3v) is 4.02. The normalized spacial score (nSPS) is 11.0. The minimum Gasteiger partial charge on any atom is -0.464 e. The van der Waals surface area contributed by atoms with E-state index in [0.717, 1.165) is 0 Å². The van der Waals surface area contributed by atoms with Gasteiger partial charge in [-0.3, -0.25) is 9.35 Å². The molecule has 152 valence electrons.